The van der Waals surface area contributed by atoms with Crippen LogP contribution in [-0.4, -0.2) is 22.1 Å². The van der Waals surface area contributed by atoms with E-state index in [0.29, 0.717) is 29.0 Å². The van der Waals surface area contributed by atoms with Gasteiger partial charge >= 0.3 is 0 Å². The smallest absolute Gasteiger partial charge is 0.251 e. The third-order valence-electron chi connectivity index (χ3n) is 3.34. The van der Waals surface area contributed by atoms with Crippen molar-refractivity contribution >= 4 is 11.6 Å². The summed E-state index contributed by atoms with van der Waals surface area (Å²) in [4.78, 5) is 18.0. The molecule has 5 nitrogen and oxygen atoms in total. The van der Waals surface area contributed by atoms with Crippen LogP contribution < -0.4 is 16.0 Å². The van der Waals surface area contributed by atoms with Gasteiger partial charge in [0.1, 0.15) is 12.4 Å². The monoisotopic (exact) mass is 335 g/mol. The highest BCUT2D eigenvalue weighted by atomic mass is 35.5. The topological polar surface area (TPSA) is 81.0 Å². The second-order valence-electron chi connectivity index (χ2n) is 6.48. The molecule has 0 saturated heterocycles. The summed E-state index contributed by atoms with van der Waals surface area (Å²) in [5, 5.41) is 0.463. The molecule has 1 aromatic heterocycles. The molecule has 0 saturated carbocycles. The minimum absolute atomic E-state index is 0.209. The average Bonchev–Trinajstić information content (AvgIpc) is 2.44. The number of nitrogens with two attached hydrogens (primary N) is 1. The van der Waals surface area contributed by atoms with Crippen molar-refractivity contribution in [1.29, 1.82) is 0 Å². The maximum atomic E-state index is 11.3. The van der Waals surface area contributed by atoms with Gasteiger partial charge < -0.3 is 15.5 Å². The summed E-state index contributed by atoms with van der Waals surface area (Å²) >= 11 is 6.27. The molecule has 1 atom stereocenters. The molecule has 2 aromatic rings. The first-order chi connectivity index (χ1) is 10.8. The van der Waals surface area contributed by atoms with Crippen LogP contribution in [0.15, 0.2) is 35.4 Å². The molecule has 0 spiro atoms. The van der Waals surface area contributed by atoms with Crippen molar-refractivity contribution in [1.82, 2.24) is 9.97 Å². The zero-order valence-electron chi connectivity index (χ0n) is 13.6. The van der Waals surface area contributed by atoms with E-state index in [1.807, 2.05) is 13.0 Å². The molecule has 0 radical (unpaired) electrons. The fourth-order valence-electron chi connectivity index (χ4n) is 2.54. The van der Waals surface area contributed by atoms with Crippen molar-refractivity contribution in [3.8, 4) is 17.0 Å². The lowest BCUT2D eigenvalue weighted by Gasteiger charge is -2.26. The van der Waals surface area contributed by atoms with Crippen LogP contribution in [0.25, 0.3) is 11.3 Å². The number of hydrogen-bond donors (Lipinski definition) is 2. The number of hydrogen-bond acceptors (Lipinski definition) is 4. The van der Waals surface area contributed by atoms with E-state index in [2.05, 4.69) is 23.8 Å². The highest BCUT2D eigenvalue weighted by molar-refractivity contribution is 6.32. The number of rotatable bonds is 6. The summed E-state index contributed by atoms with van der Waals surface area (Å²) in [5.41, 5.74) is 6.93. The number of aromatic nitrogens is 2. The van der Waals surface area contributed by atoms with E-state index in [1.165, 1.54) is 12.4 Å². The van der Waals surface area contributed by atoms with Crippen LogP contribution in [0.5, 0.6) is 5.75 Å². The van der Waals surface area contributed by atoms with Crippen LogP contribution in [0.1, 0.15) is 27.2 Å². The first-order valence-corrected chi connectivity index (χ1v) is 7.91. The molecular formula is C17H22ClN3O2. The molecule has 0 aliphatic rings. The minimum Gasteiger partial charge on any atom is -0.490 e. The summed E-state index contributed by atoms with van der Waals surface area (Å²) in [7, 11) is 0. The van der Waals surface area contributed by atoms with Gasteiger partial charge in [-0.3, -0.25) is 4.79 Å². The summed E-state index contributed by atoms with van der Waals surface area (Å²) in [6.45, 7) is 6.60. The van der Waals surface area contributed by atoms with Crippen molar-refractivity contribution < 1.29 is 4.74 Å². The second kappa shape index (κ2) is 7.15. The Morgan fingerprint density at radius 1 is 1.39 bits per heavy atom. The quantitative estimate of drug-likeness (QED) is 0.849. The standard InChI is InChI=1S/C17H22ClN3O2/c1-11(2)8-17(3,19)9-23-15-5-4-12(6-13(15)18)14-7-16(22)21-10-20-14/h4-7,10-11H,8-9,19H2,1-3H3,(H,20,21,22)/t17-/m0/s1. The molecule has 124 valence electrons. The van der Waals surface area contributed by atoms with Gasteiger partial charge in [0, 0.05) is 17.2 Å². The number of aromatic amines is 1. The van der Waals surface area contributed by atoms with Crippen LogP contribution in [0, 0.1) is 5.92 Å². The Labute approximate surface area is 140 Å². The van der Waals surface area contributed by atoms with Crippen molar-refractivity contribution in [3.05, 3.63) is 46.0 Å². The molecule has 0 aliphatic carbocycles. The predicted molar refractivity (Wildman–Crippen MR) is 92.8 cm³/mol. The van der Waals surface area contributed by atoms with Crippen LogP contribution >= 0.6 is 11.6 Å². The molecule has 6 heteroatoms. The fourth-order valence-corrected chi connectivity index (χ4v) is 2.77. The number of ether oxygens (including phenoxy) is 1. The van der Waals surface area contributed by atoms with E-state index < -0.39 is 5.54 Å². The van der Waals surface area contributed by atoms with Gasteiger partial charge in [-0.1, -0.05) is 25.4 Å². The Hall–Kier alpha value is -1.85. The molecule has 0 aliphatic heterocycles. The lowest BCUT2D eigenvalue weighted by molar-refractivity contribution is 0.207. The van der Waals surface area contributed by atoms with Crippen molar-refractivity contribution in [2.24, 2.45) is 11.7 Å². The van der Waals surface area contributed by atoms with E-state index in [4.69, 9.17) is 22.1 Å². The Bertz CT molecular complexity index is 726. The van der Waals surface area contributed by atoms with Crippen molar-refractivity contribution in [2.45, 2.75) is 32.7 Å². The van der Waals surface area contributed by atoms with E-state index in [1.54, 1.807) is 12.1 Å². The molecular weight excluding hydrogens is 314 g/mol. The predicted octanol–water partition coefficient (Wildman–Crippen LogP) is 3.23. The lowest BCUT2D eigenvalue weighted by Crippen LogP contribution is -2.43. The van der Waals surface area contributed by atoms with Crippen LogP contribution in [0.4, 0.5) is 0 Å². The Balaban J connectivity index is 2.12. The maximum absolute atomic E-state index is 11.3. The lowest BCUT2D eigenvalue weighted by atomic mass is 9.93. The number of benzene rings is 1. The molecule has 2 rings (SSSR count). The molecule has 3 N–H and O–H groups in total. The minimum atomic E-state index is -0.412. The number of halogens is 1. The van der Waals surface area contributed by atoms with Gasteiger partial charge in [0.05, 0.1) is 17.0 Å². The largest absolute Gasteiger partial charge is 0.490 e. The van der Waals surface area contributed by atoms with Gasteiger partial charge in [-0.05, 0) is 37.5 Å². The highest BCUT2D eigenvalue weighted by Gasteiger charge is 2.21. The van der Waals surface area contributed by atoms with Gasteiger partial charge in [0.25, 0.3) is 5.56 Å². The molecule has 23 heavy (non-hydrogen) atoms. The van der Waals surface area contributed by atoms with Gasteiger partial charge in [-0.2, -0.15) is 0 Å². The molecule has 0 bridgehead atoms. The summed E-state index contributed by atoms with van der Waals surface area (Å²) in [5.74, 6) is 1.06. The van der Waals surface area contributed by atoms with Gasteiger partial charge in [-0.25, -0.2) is 4.98 Å². The van der Waals surface area contributed by atoms with E-state index >= 15 is 0 Å². The highest BCUT2D eigenvalue weighted by Crippen LogP contribution is 2.30. The molecule has 1 heterocycles. The van der Waals surface area contributed by atoms with Gasteiger partial charge in [0.15, 0.2) is 0 Å². The zero-order valence-corrected chi connectivity index (χ0v) is 14.4. The van der Waals surface area contributed by atoms with Crippen LogP contribution in [0.2, 0.25) is 5.02 Å². The van der Waals surface area contributed by atoms with E-state index in [9.17, 15) is 4.79 Å². The molecule has 1 aromatic carbocycles. The Morgan fingerprint density at radius 3 is 2.74 bits per heavy atom. The van der Waals surface area contributed by atoms with Crippen LogP contribution in [0.3, 0.4) is 0 Å². The Kier molecular flexibility index (Phi) is 5.44. The second-order valence-corrected chi connectivity index (χ2v) is 6.89. The molecule has 0 fully saturated rings. The van der Waals surface area contributed by atoms with Gasteiger partial charge in [0.2, 0.25) is 0 Å². The van der Waals surface area contributed by atoms with E-state index in [-0.39, 0.29) is 5.56 Å². The normalized spacial score (nSPS) is 13.8. The summed E-state index contributed by atoms with van der Waals surface area (Å²) in [6.07, 6.45) is 2.22. The fraction of sp³-hybridized carbons (Fsp3) is 0.412. The SMILES string of the molecule is CC(C)C[C@](C)(N)COc1ccc(-c2cc(=O)[nH]cn2)cc1Cl. The first-order valence-electron chi connectivity index (χ1n) is 7.53. The Morgan fingerprint density at radius 2 is 2.13 bits per heavy atom. The molecule has 0 unspecified atom stereocenters. The number of nitrogens with zero attached hydrogens (tertiary/aromatic N) is 1. The van der Waals surface area contributed by atoms with Crippen molar-refractivity contribution in [2.75, 3.05) is 6.61 Å². The number of H-pyrrole nitrogens is 1. The summed E-state index contributed by atoms with van der Waals surface area (Å²) < 4.78 is 5.77. The third kappa shape index (κ3) is 5.08. The van der Waals surface area contributed by atoms with Gasteiger partial charge in [-0.15, -0.1) is 0 Å². The maximum Gasteiger partial charge on any atom is 0.251 e. The summed E-state index contributed by atoms with van der Waals surface area (Å²) in [6, 6.07) is 6.74. The van der Waals surface area contributed by atoms with Crippen molar-refractivity contribution in [3.63, 3.8) is 0 Å². The van der Waals surface area contributed by atoms with E-state index in [0.717, 1.165) is 12.0 Å². The first kappa shape index (κ1) is 17.5. The van der Waals surface area contributed by atoms with Crippen LogP contribution in [-0.2, 0) is 0 Å². The average molecular weight is 336 g/mol. The molecule has 0 amide bonds. The zero-order chi connectivity index (χ0) is 17.0. The third-order valence-corrected chi connectivity index (χ3v) is 3.63. The number of nitrogens with one attached hydrogen (secondary N) is 1.